The maximum Gasteiger partial charge on any atom is 0.228 e. The molecule has 0 aliphatic heterocycles. The third-order valence-electron chi connectivity index (χ3n) is 6.06. The Hall–Kier alpha value is -0.570. The molecular weight excluding hydrogens is 248 g/mol. The zero-order valence-electron chi connectivity index (χ0n) is 13.3. The fraction of sp³-hybridized carbons (Fsp3) is 0.941. The van der Waals surface area contributed by atoms with E-state index in [1.807, 2.05) is 11.9 Å². The van der Waals surface area contributed by atoms with Gasteiger partial charge in [0, 0.05) is 13.6 Å². The summed E-state index contributed by atoms with van der Waals surface area (Å²) in [6.45, 7) is 5.71. The maximum atomic E-state index is 13.1. The van der Waals surface area contributed by atoms with Crippen molar-refractivity contribution in [3.63, 3.8) is 0 Å². The van der Waals surface area contributed by atoms with E-state index in [0.717, 1.165) is 43.6 Å². The van der Waals surface area contributed by atoms with Gasteiger partial charge in [0.2, 0.25) is 5.91 Å². The van der Waals surface area contributed by atoms with E-state index in [1.165, 1.54) is 19.3 Å². The van der Waals surface area contributed by atoms with Crippen LogP contribution in [0.3, 0.4) is 0 Å². The third-order valence-corrected chi connectivity index (χ3v) is 6.06. The summed E-state index contributed by atoms with van der Waals surface area (Å²) in [5.74, 6) is 2.92. The van der Waals surface area contributed by atoms with E-state index >= 15 is 0 Å². The highest BCUT2D eigenvalue weighted by molar-refractivity contribution is 5.83. The zero-order valence-corrected chi connectivity index (χ0v) is 13.3. The van der Waals surface area contributed by atoms with E-state index in [9.17, 15) is 4.79 Å². The Kier molecular flexibility index (Phi) is 3.39. The van der Waals surface area contributed by atoms with Gasteiger partial charge in [-0.3, -0.25) is 4.79 Å². The highest BCUT2D eigenvalue weighted by Crippen LogP contribution is 2.60. The quantitative estimate of drug-likeness (QED) is 0.859. The van der Waals surface area contributed by atoms with Gasteiger partial charge in [-0.05, 0) is 68.2 Å². The van der Waals surface area contributed by atoms with E-state index in [-0.39, 0.29) is 10.8 Å². The van der Waals surface area contributed by atoms with Crippen molar-refractivity contribution in [3.05, 3.63) is 0 Å². The Morgan fingerprint density at radius 3 is 2.00 bits per heavy atom. The van der Waals surface area contributed by atoms with Gasteiger partial charge >= 0.3 is 0 Å². The number of carbonyl (C=O) groups is 1. The molecule has 4 aliphatic carbocycles. The predicted molar refractivity (Wildman–Crippen MR) is 81.1 cm³/mol. The number of hydrogen-bond donors (Lipinski definition) is 1. The molecule has 0 atom stereocenters. The zero-order chi connectivity index (χ0) is 14.5. The topological polar surface area (TPSA) is 46.3 Å². The molecule has 2 N–H and O–H groups in total. The second kappa shape index (κ2) is 4.72. The number of nitrogens with two attached hydrogens (primary N) is 1. The van der Waals surface area contributed by atoms with Gasteiger partial charge in [-0.15, -0.1) is 0 Å². The SMILES string of the molecule is CN(CC(C)(C)CN)C(=O)C12CC3CC(CC(C3)C1)C2. The Balaban J connectivity index is 1.73. The lowest BCUT2D eigenvalue weighted by Crippen LogP contribution is -2.55. The molecule has 114 valence electrons. The second-order valence-corrected chi connectivity index (χ2v) is 8.73. The molecule has 20 heavy (non-hydrogen) atoms. The van der Waals surface area contributed by atoms with E-state index in [1.54, 1.807) is 0 Å². The summed E-state index contributed by atoms with van der Waals surface area (Å²) in [7, 11) is 1.98. The largest absolute Gasteiger partial charge is 0.345 e. The van der Waals surface area contributed by atoms with Crippen LogP contribution in [0.25, 0.3) is 0 Å². The van der Waals surface area contributed by atoms with Crippen molar-refractivity contribution in [2.45, 2.75) is 52.4 Å². The molecule has 0 radical (unpaired) electrons. The number of nitrogens with zero attached hydrogens (tertiary/aromatic N) is 1. The normalized spacial score (nSPS) is 39.1. The predicted octanol–water partition coefficient (Wildman–Crippen LogP) is 2.65. The summed E-state index contributed by atoms with van der Waals surface area (Å²) < 4.78 is 0. The van der Waals surface area contributed by atoms with E-state index in [4.69, 9.17) is 5.73 Å². The van der Waals surface area contributed by atoms with Crippen LogP contribution in [0.15, 0.2) is 0 Å². The summed E-state index contributed by atoms with van der Waals surface area (Å²) in [4.78, 5) is 15.1. The highest BCUT2D eigenvalue weighted by Gasteiger charge is 2.55. The molecule has 0 aromatic rings. The lowest BCUT2D eigenvalue weighted by atomic mass is 9.49. The van der Waals surface area contributed by atoms with Crippen molar-refractivity contribution in [3.8, 4) is 0 Å². The van der Waals surface area contributed by atoms with Gasteiger partial charge in [0.05, 0.1) is 5.41 Å². The van der Waals surface area contributed by atoms with Gasteiger partial charge in [-0.25, -0.2) is 0 Å². The van der Waals surface area contributed by atoms with Crippen molar-refractivity contribution in [1.82, 2.24) is 4.90 Å². The number of carbonyl (C=O) groups excluding carboxylic acids is 1. The van der Waals surface area contributed by atoms with Gasteiger partial charge in [0.25, 0.3) is 0 Å². The summed E-state index contributed by atoms with van der Waals surface area (Å²) in [6.07, 6.45) is 7.65. The first-order valence-corrected chi connectivity index (χ1v) is 8.29. The highest BCUT2D eigenvalue weighted by atomic mass is 16.2. The lowest BCUT2D eigenvalue weighted by molar-refractivity contribution is -0.157. The number of rotatable bonds is 4. The first kappa shape index (κ1) is 14.4. The molecule has 0 unspecified atom stereocenters. The first-order valence-electron chi connectivity index (χ1n) is 8.29. The summed E-state index contributed by atoms with van der Waals surface area (Å²) >= 11 is 0. The molecule has 4 bridgehead atoms. The van der Waals surface area contributed by atoms with Crippen molar-refractivity contribution < 1.29 is 4.79 Å². The molecule has 3 heteroatoms. The molecule has 0 aromatic heterocycles. The molecule has 0 saturated heterocycles. The van der Waals surface area contributed by atoms with Crippen LogP contribution in [-0.2, 0) is 4.79 Å². The van der Waals surface area contributed by atoms with Crippen LogP contribution >= 0.6 is 0 Å². The summed E-state index contributed by atoms with van der Waals surface area (Å²) in [5, 5.41) is 0. The fourth-order valence-electron chi connectivity index (χ4n) is 5.56. The van der Waals surface area contributed by atoms with Crippen molar-refractivity contribution in [2.24, 2.45) is 34.3 Å². The molecule has 0 spiro atoms. The molecular formula is C17H30N2O. The molecule has 3 nitrogen and oxygen atoms in total. The van der Waals surface area contributed by atoms with Crippen LogP contribution in [-0.4, -0.2) is 30.9 Å². The van der Waals surface area contributed by atoms with Crippen LogP contribution in [0.4, 0.5) is 0 Å². The molecule has 4 saturated carbocycles. The van der Waals surface area contributed by atoms with Gasteiger partial charge in [-0.1, -0.05) is 13.8 Å². The lowest BCUT2D eigenvalue weighted by Gasteiger charge is -2.56. The molecule has 0 aromatic carbocycles. The molecule has 4 rings (SSSR count). The first-order chi connectivity index (χ1) is 9.33. The molecule has 0 heterocycles. The van der Waals surface area contributed by atoms with Crippen LogP contribution in [0.2, 0.25) is 0 Å². The van der Waals surface area contributed by atoms with Crippen molar-refractivity contribution in [2.75, 3.05) is 20.1 Å². The minimum Gasteiger partial charge on any atom is -0.345 e. The summed E-state index contributed by atoms with van der Waals surface area (Å²) in [5.41, 5.74) is 5.84. The minimum absolute atomic E-state index is 0.00578. The van der Waals surface area contributed by atoms with Crippen molar-refractivity contribution >= 4 is 5.91 Å². The molecule has 4 fully saturated rings. The molecule has 1 amide bonds. The van der Waals surface area contributed by atoms with E-state index in [2.05, 4.69) is 13.8 Å². The average molecular weight is 278 g/mol. The Bertz CT molecular complexity index is 367. The van der Waals surface area contributed by atoms with E-state index < -0.39 is 0 Å². The monoisotopic (exact) mass is 278 g/mol. The minimum atomic E-state index is -0.00578. The Morgan fingerprint density at radius 2 is 1.60 bits per heavy atom. The van der Waals surface area contributed by atoms with E-state index in [0.29, 0.717) is 12.5 Å². The van der Waals surface area contributed by atoms with Gasteiger partial charge in [-0.2, -0.15) is 0 Å². The average Bonchev–Trinajstić information content (AvgIpc) is 2.35. The van der Waals surface area contributed by atoms with Gasteiger partial charge < -0.3 is 10.6 Å². The standard InChI is InChI=1S/C17H30N2O/c1-16(2,10-18)11-19(3)15(20)17-7-12-4-13(8-17)6-14(5-12)9-17/h12-14H,4-11,18H2,1-3H3. The smallest absolute Gasteiger partial charge is 0.228 e. The Morgan fingerprint density at radius 1 is 1.15 bits per heavy atom. The van der Waals surface area contributed by atoms with Crippen LogP contribution in [0, 0.1) is 28.6 Å². The fourth-order valence-corrected chi connectivity index (χ4v) is 5.56. The number of hydrogen-bond acceptors (Lipinski definition) is 2. The number of amides is 1. The molecule has 4 aliphatic rings. The van der Waals surface area contributed by atoms with Crippen molar-refractivity contribution in [1.29, 1.82) is 0 Å². The van der Waals surface area contributed by atoms with Crippen LogP contribution in [0.5, 0.6) is 0 Å². The second-order valence-electron chi connectivity index (χ2n) is 8.73. The Labute approximate surface area is 123 Å². The van der Waals surface area contributed by atoms with Crippen LogP contribution < -0.4 is 5.73 Å². The van der Waals surface area contributed by atoms with Gasteiger partial charge in [0.15, 0.2) is 0 Å². The van der Waals surface area contributed by atoms with Crippen LogP contribution in [0.1, 0.15) is 52.4 Å². The summed E-state index contributed by atoms with van der Waals surface area (Å²) in [6, 6.07) is 0. The third kappa shape index (κ3) is 2.38. The maximum absolute atomic E-state index is 13.1. The van der Waals surface area contributed by atoms with Gasteiger partial charge in [0.1, 0.15) is 0 Å².